The van der Waals surface area contributed by atoms with Crippen molar-refractivity contribution in [2.45, 2.75) is 45.2 Å². The van der Waals surface area contributed by atoms with Crippen molar-refractivity contribution in [1.29, 1.82) is 0 Å². The molecule has 134 valence electrons. The van der Waals surface area contributed by atoms with Crippen LogP contribution in [0.3, 0.4) is 0 Å². The number of likely N-dealkylation sites (N-methyl/N-ethyl adjacent to an activating group) is 1. The maximum absolute atomic E-state index is 12.9. The quantitative estimate of drug-likeness (QED) is 0.812. The fraction of sp³-hybridized carbons (Fsp3) is 0.474. The summed E-state index contributed by atoms with van der Waals surface area (Å²) >= 11 is 0. The molecular formula is C19H26N4O2. The minimum absolute atomic E-state index is 0.0695. The molecule has 25 heavy (non-hydrogen) atoms. The number of hydrogen-bond acceptors (Lipinski definition) is 4. The number of rotatable bonds is 7. The third-order valence-corrected chi connectivity index (χ3v) is 4.77. The Balaban J connectivity index is 1.66. The van der Waals surface area contributed by atoms with Crippen LogP contribution in [0.5, 0.6) is 5.75 Å². The summed E-state index contributed by atoms with van der Waals surface area (Å²) in [7, 11) is 3.48. The third-order valence-electron chi connectivity index (χ3n) is 4.77. The zero-order chi connectivity index (χ0) is 17.8. The van der Waals surface area contributed by atoms with Gasteiger partial charge >= 0.3 is 0 Å². The number of carbonyl (C=O) groups is 1. The molecule has 1 aliphatic rings. The van der Waals surface area contributed by atoms with E-state index in [4.69, 9.17) is 4.74 Å². The lowest BCUT2D eigenvalue weighted by atomic mass is 10.1. The normalized spacial score (nSPS) is 14.0. The van der Waals surface area contributed by atoms with E-state index in [0.29, 0.717) is 13.0 Å². The molecule has 3 rings (SSSR count). The molecule has 0 saturated heterocycles. The van der Waals surface area contributed by atoms with E-state index in [1.54, 1.807) is 12.0 Å². The zero-order valence-electron chi connectivity index (χ0n) is 15.1. The van der Waals surface area contributed by atoms with E-state index in [2.05, 4.69) is 15.5 Å². The van der Waals surface area contributed by atoms with Crippen molar-refractivity contribution < 1.29 is 9.53 Å². The van der Waals surface area contributed by atoms with Crippen LogP contribution in [0.1, 0.15) is 36.7 Å². The van der Waals surface area contributed by atoms with E-state index >= 15 is 0 Å². The number of fused-ring (bicyclic) bond motifs is 1. The van der Waals surface area contributed by atoms with Crippen LogP contribution in [0.25, 0.3) is 0 Å². The van der Waals surface area contributed by atoms with E-state index in [1.807, 2.05) is 38.2 Å². The smallest absolute Gasteiger partial charge is 0.245 e. The predicted octanol–water partition coefficient (Wildman–Crippen LogP) is 2.76. The Morgan fingerprint density at radius 1 is 1.44 bits per heavy atom. The second-order valence-corrected chi connectivity index (χ2v) is 6.51. The first-order chi connectivity index (χ1) is 12.1. The van der Waals surface area contributed by atoms with E-state index in [1.165, 1.54) is 17.7 Å². The van der Waals surface area contributed by atoms with Crippen LogP contribution in [0.4, 0.5) is 5.69 Å². The summed E-state index contributed by atoms with van der Waals surface area (Å²) in [5.74, 6) is 0.841. The minimum atomic E-state index is -0.274. The molecule has 0 bridgehead atoms. The van der Waals surface area contributed by atoms with Gasteiger partial charge in [-0.2, -0.15) is 5.10 Å². The highest BCUT2D eigenvalue weighted by Gasteiger charge is 2.24. The molecule has 1 atom stereocenters. The number of ether oxygens (including phenoxy) is 1. The summed E-state index contributed by atoms with van der Waals surface area (Å²) in [4.78, 5) is 14.6. The Hall–Kier alpha value is -2.50. The zero-order valence-corrected chi connectivity index (χ0v) is 15.1. The fourth-order valence-electron chi connectivity index (χ4n) is 3.34. The van der Waals surface area contributed by atoms with Gasteiger partial charge in [-0.05, 0) is 43.4 Å². The van der Waals surface area contributed by atoms with Gasteiger partial charge in [-0.15, -0.1) is 0 Å². The van der Waals surface area contributed by atoms with E-state index < -0.39 is 0 Å². The molecule has 1 amide bonds. The largest absolute Gasteiger partial charge is 0.497 e. The number of H-pyrrole nitrogens is 1. The lowest BCUT2D eigenvalue weighted by molar-refractivity contribution is -0.131. The van der Waals surface area contributed by atoms with E-state index in [9.17, 15) is 4.79 Å². The topological polar surface area (TPSA) is 70.2 Å². The van der Waals surface area contributed by atoms with Gasteiger partial charge in [0.2, 0.25) is 5.91 Å². The number of aryl methyl sites for hydroxylation is 1. The van der Waals surface area contributed by atoms with Crippen LogP contribution in [0.15, 0.2) is 24.3 Å². The van der Waals surface area contributed by atoms with Crippen LogP contribution in [0.2, 0.25) is 0 Å². The maximum atomic E-state index is 12.9. The summed E-state index contributed by atoms with van der Waals surface area (Å²) in [5, 5.41) is 10.8. The van der Waals surface area contributed by atoms with Gasteiger partial charge in [0.05, 0.1) is 19.3 Å². The van der Waals surface area contributed by atoms with Gasteiger partial charge in [-0.25, -0.2) is 0 Å². The summed E-state index contributed by atoms with van der Waals surface area (Å²) in [6.45, 7) is 2.55. The Kier molecular flexibility index (Phi) is 5.26. The van der Waals surface area contributed by atoms with Crippen molar-refractivity contribution in [2.24, 2.45) is 0 Å². The molecule has 1 aromatic carbocycles. The molecule has 0 aliphatic heterocycles. The Labute approximate surface area is 148 Å². The highest BCUT2D eigenvalue weighted by molar-refractivity contribution is 5.84. The van der Waals surface area contributed by atoms with Crippen LogP contribution in [-0.2, 0) is 24.2 Å². The number of methoxy groups -OCH3 is 1. The fourth-order valence-corrected chi connectivity index (χ4v) is 3.34. The number of aromatic nitrogens is 2. The second kappa shape index (κ2) is 7.59. The second-order valence-electron chi connectivity index (χ2n) is 6.51. The summed E-state index contributed by atoms with van der Waals surface area (Å²) < 4.78 is 5.24. The number of amides is 1. The van der Waals surface area contributed by atoms with Crippen molar-refractivity contribution in [3.63, 3.8) is 0 Å². The third kappa shape index (κ3) is 3.78. The van der Waals surface area contributed by atoms with Crippen LogP contribution < -0.4 is 10.1 Å². The number of nitrogens with one attached hydrogen (secondary N) is 2. The highest BCUT2D eigenvalue weighted by Crippen LogP contribution is 2.24. The van der Waals surface area contributed by atoms with E-state index in [-0.39, 0.29) is 11.9 Å². The minimum Gasteiger partial charge on any atom is -0.497 e. The maximum Gasteiger partial charge on any atom is 0.245 e. The monoisotopic (exact) mass is 342 g/mol. The first-order valence-corrected chi connectivity index (χ1v) is 8.83. The lowest BCUT2D eigenvalue weighted by Gasteiger charge is -2.24. The van der Waals surface area contributed by atoms with Gasteiger partial charge in [-0.1, -0.05) is 13.0 Å². The lowest BCUT2D eigenvalue weighted by Crippen LogP contribution is -2.40. The number of aromatic amines is 1. The van der Waals surface area contributed by atoms with Crippen molar-refractivity contribution in [2.75, 3.05) is 19.5 Å². The first kappa shape index (κ1) is 17.3. The molecule has 1 unspecified atom stereocenters. The van der Waals surface area contributed by atoms with Crippen LogP contribution >= 0.6 is 0 Å². The molecule has 6 nitrogen and oxygen atoms in total. The molecule has 0 fully saturated rings. The number of carbonyl (C=O) groups excluding carboxylic acids is 1. The standard InChI is InChI=1S/C19H26N4O2/c1-4-16(20-13-7-5-8-14(11-13)25-3)19(24)23(2)12-18-15-9-6-10-17(15)21-22-18/h5,7-8,11,16,20H,4,6,9-10,12H2,1-3H3,(H,21,22). The Morgan fingerprint density at radius 2 is 2.28 bits per heavy atom. The Morgan fingerprint density at radius 3 is 3.04 bits per heavy atom. The first-order valence-electron chi connectivity index (χ1n) is 8.83. The molecule has 2 N–H and O–H groups in total. The summed E-state index contributed by atoms with van der Waals surface area (Å²) in [6, 6.07) is 7.37. The molecule has 1 heterocycles. The molecule has 0 saturated carbocycles. The summed E-state index contributed by atoms with van der Waals surface area (Å²) in [6.07, 6.45) is 4.00. The molecule has 6 heteroatoms. The molecule has 0 radical (unpaired) electrons. The van der Waals surface area contributed by atoms with Gasteiger partial charge in [0.25, 0.3) is 0 Å². The van der Waals surface area contributed by atoms with Crippen molar-refractivity contribution in [1.82, 2.24) is 15.1 Å². The predicted molar refractivity (Wildman–Crippen MR) is 97.8 cm³/mol. The Bertz CT molecular complexity index is 741. The number of hydrogen-bond donors (Lipinski definition) is 2. The van der Waals surface area contributed by atoms with Gasteiger partial charge < -0.3 is 15.0 Å². The van der Waals surface area contributed by atoms with Crippen molar-refractivity contribution in [3.8, 4) is 5.75 Å². The van der Waals surface area contributed by atoms with Gasteiger partial charge in [0.15, 0.2) is 0 Å². The number of benzene rings is 1. The average Bonchev–Trinajstić information content (AvgIpc) is 3.24. The molecule has 0 spiro atoms. The summed E-state index contributed by atoms with van der Waals surface area (Å²) in [5.41, 5.74) is 4.42. The van der Waals surface area contributed by atoms with Crippen LogP contribution in [0, 0.1) is 0 Å². The average molecular weight is 342 g/mol. The molecule has 1 aliphatic carbocycles. The van der Waals surface area contributed by atoms with Crippen LogP contribution in [-0.4, -0.2) is 41.2 Å². The van der Waals surface area contributed by atoms with E-state index in [0.717, 1.165) is 30.0 Å². The van der Waals surface area contributed by atoms with Gasteiger partial charge in [-0.3, -0.25) is 9.89 Å². The number of nitrogens with zero attached hydrogens (tertiary/aromatic N) is 2. The SMILES string of the molecule is CCC(Nc1cccc(OC)c1)C(=O)N(C)Cc1n[nH]c2c1CCC2. The van der Waals surface area contributed by atoms with Crippen molar-refractivity contribution >= 4 is 11.6 Å². The van der Waals surface area contributed by atoms with Gasteiger partial charge in [0, 0.05) is 24.5 Å². The highest BCUT2D eigenvalue weighted by atomic mass is 16.5. The van der Waals surface area contributed by atoms with Crippen molar-refractivity contribution in [3.05, 3.63) is 41.2 Å². The molecule has 1 aromatic heterocycles. The number of anilines is 1. The molecular weight excluding hydrogens is 316 g/mol. The van der Waals surface area contributed by atoms with Gasteiger partial charge in [0.1, 0.15) is 11.8 Å². The molecule has 2 aromatic rings.